The standard InChI is InChI=1S/C13H19N2O/c1-5-10-16-13-9-7-6-8-12(13)11-14-15(2,3)4/h5-9,11H,1,10H2,2-4H3/q+1/b14-11+. The molecule has 0 radical (unpaired) electrons. The first-order valence-corrected chi connectivity index (χ1v) is 5.23. The van der Waals surface area contributed by atoms with Crippen LogP contribution in [0, 0.1) is 0 Å². The summed E-state index contributed by atoms with van der Waals surface area (Å²) in [5.74, 6) is 0.833. The van der Waals surface area contributed by atoms with Gasteiger partial charge in [0.2, 0.25) is 0 Å². The minimum absolute atomic E-state index is 0.509. The van der Waals surface area contributed by atoms with Gasteiger partial charge in [0.1, 0.15) is 12.4 Å². The third-order valence-electron chi connectivity index (χ3n) is 1.82. The lowest BCUT2D eigenvalue weighted by Gasteiger charge is -2.14. The van der Waals surface area contributed by atoms with Crippen molar-refractivity contribution in [3.63, 3.8) is 0 Å². The van der Waals surface area contributed by atoms with Crippen LogP contribution in [0.2, 0.25) is 0 Å². The van der Waals surface area contributed by atoms with Crippen LogP contribution in [0.25, 0.3) is 0 Å². The predicted octanol–water partition coefficient (Wildman–Crippen LogP) is 2.29. The molecule has 0 amide bonds. The Morgan fingerprint density at radius 1 is 1.31 bits per heavy atom. The van der Waals surface area contributed by atoms with Gasteiger partial charge in [0.25, 0.3) is 0 Å². The molecule has 1 aromatic rings. The van der Waals surface area contributed by atoms with Crippen LogP contribution in [-0.2, 0) is 0 Å². The van der Waals surface area contributed by atoms with Gasteiger partial charge >= 0.3 is 0 Å². The maximum Gasteiger partial charge on any atom is 0.128 e. The van der Waals surface area contributed by atoms with Gasteiger partial charge in [-0.3, -0.25) is 0 Å². The van der Waals surface area contributed by atoms with Crippen LogP contribution in [0.1, 0.15) is 5.56 Å². The van der Waals surface area contributed by atoms with Crippen molar-refractivity contribution in [2.45, 2.75) is 0 Å². The molecule has 0 aliphatic rings. The zero-order chi connectivity index (χ0) is 12.0. The van der Waals surface area contributed by atoms with Gasteiger partial charge in [-0.2, -0.15) is 0 Å². The molecule has 0 bridgehead atoms. The molecule has 0 heterocycles. The number of para-hydroxylation sites is 1. The second kappa shape index (κ2) is 5.47. The Morgan fingerprint density at radius 2 is 2.00 bits per heavy atom. The molecule has 3 nitrogen and oxygen atoms in total. The van der Waals surface area contributed by atoms with Gasteiger partial charge < -0.3 is 4.74 Å². The summed E-state index contributed by atoms with van der Waals surface area (Å²) in [6.45, 7) is 4.14. The third kappa shape index (κ3) is 4.28. The first kappa shape index (κ1) is 12.5. The van der Waals surface area contributed by atoms with Crippen molar-refractivity contribution in [2.75, 3.05) is 27.7 Å². The molecule has 0 saturated carbocycles. The fourth-order valence-corrected chi connectivity index (χ4v) is 1.10. The number of benzene rings is 1. The highest BCUT2D eigenvalue weighted by Crippen LogP contribution is 2.16. The van der Waals surface area contributed by atoms with E-state index in [4.69, 9.17) is 4.74 Å². The zero-order valence-corrected chi connectivity index (χ0v) is 10.2. The second-order valence-electron chi connectivity index (χ2n) is 4.32. The van der Waals surface area contributed by atoms with E-state index >= 15 is 0 Å². The first-order chi connectivity index (χ1) is 7.53. The Labute approximate surface area is 97.2 Å². The molecule has 0 saturated heterocycles. The van der Waals surface area contributed by atoms with Crippen LogP contribution in [0.3, 0.4) is 0 Å². The molecule has 0 aliphatic carbocycles. The van der Waals surface area contributed by atoms with Gasteiger partial charge in [-0.05, 0) is 12.1 Å². The lowest BCUT2D eigenvalue weighted by Crippen LogP contribution is -2.27. The summed E-state index contributed by atoms with van der Waals surface area (Å²) in [5.41, 5.74) is 0.984. The van der Waals surface area contributed by atoms with Crippen molar-refractivity contribution in [1.29, 1.82) is 0 Å². The Kier molecular flexibility index (Phi) is 4.26. The first-order valence-electron chi connectivity index (χ1n) is 5.23. The van der Waals surface area contributed by atoms with E-state index in [0.29, 0.717) is 11.2 Å². The molecular weight excluding hydrogens is 200 g/mol. The van der Waals surface area contributed by atoms with E-state index in [1.54, 1.807) is 6.08 Å². The number of nitrogens with zero attached hydrogens (tertiary/aromatic N) is 2. The van der Waals surface area contributed by atoms with Crippen molar-refractivity contribution in [3.8, 4) is 5.75 Å². The van der Waals surface area contributed by atoms with Crippen molar-refractivity contribution in [1.82, 2.24) is 0 Å². The predicted molar refractivity (Wildman–Crippen MR) is 67.8 cm³/mol. The Morgan fingerprint density at radius 3 is 2.62 bits per heavy atom. The summed E-state index contributed by atoms with van der Waals surface area (Å²) in [6.07, 6.45) is 3.56. The highest BCUT2D eigenvalue weighted by atomic mass is 16.5. The van der Waals surface area contributed by atoms with E-state index in [-0.39, 0.29) is 0 Å². The van der Waals surface area contributed by atoms with Crippen molar-refractivity contribution in [3.05, 3.63) is 42.5 Å². The smallest absolute Gasteiger partial charge is 0.128 e. The maximum atomic E-state index is 5.54. The largest absolute Gasteiger partial charge is 0.489 e. The normalized spacial score (nSPS) is 11.7. The third-order valence-corrected chi connectivity index (χ3v) is 1.82. The van der Waals surface area contributed by atoms with Crippen LogP contribution in [-0.4, -0.2) is 38.6 Å². The van der Waals surface area contributed by atoms with Crippen LogP contribution < -0.4 is 4.74 Å². The highest BCUT2D eigenvalue weighted by molar-refractivity contribution is 5.82. The van der Waals surface area contributed by atoms with Crippen molar-refractivity contribution in [2.24, 2.45) is 5.10 Å². The number of quaternary nitrogens is 1. The summed E-state index contributed by atoms with van der Waals surface area (Å²) in [5, 5.41) is 4.40. The van der Waals surface area contributed by atoms with E-state index in [2.05, 4.69) is 11.7 Å². The maximum absolute atomic E-state index is 5.54. The molecule has 3 heteroatoms. The van der Waals surface area contributed by atoms with Gasteiger partial charge in [-0.25, -0.2) is 4.59 Å². The van der Waals surface area contributed by atoms with E-state index in [9.17, 15) is 0 Å². The molecular formula is C13H19N2O+. The van der Waals surface area contributed by atoms with Crippen LogP contribution in [0.15, 0.2) is 42.0 Å². The molecule has 0 unspecified atom stereocenters. The van der Waals surface area contributed by atoms with Gasteiger partial charge in [0, 0.05) is 5.56 Å². The summed E-state index contributed by atoms with van der Waals surface area (Å²) in [7, 11) is 6.01. The number of hydrogen-bond acceptors (Lipinski definition) is 2. The number of ether oxygens (including phenoxy) is 1. The highest BCUT2D eigenvalue weighted by Gasteiger charge is 2.04. The fourth-order valence-electron chi connectivity index (χ4n) is 1.10. The van der Waals surface area contributed by atoms with Gasteiger partial charge in [0.15, 0.2) is 0 Å². The molecule has 16 heavy (non-hydrogen) atoms. The molecule has 0 spiro atoms. The molecule has 86 valence electrons. The zero-order valence-electron chi connectivity index (χ0n) is 10.2. The minimum Gasteiger partial charge on any atom is -0.489 e. The molecule has 0 N–H and O–H groups in total. The SMILES string of the molecule is C=CCOc1ccccc1/C=N/[N+](C)(C)C. The molecule has 0 fully saturated rings. The average Bonchev–Trinajstić information content (AvgIpc) is 2.23. The number of rotatable bonds is 5. The monoisotopic (exact) mass is 219 g/mol. The number of hydrogen-bond donors (Lipinski definition) is 0. The molecule has 0 aromatic heterocycles. The van der Waals surface area contributed by atoms with E-state index in [1.165, 1.54) is 0 Å². The topological polar surface area (TPSA) is 21.6 Å². The lowest BCUT2D eigenvalue weighted by atomic mass is 10.2. The summed E-state index contributed by atoms with van der Waals surface area (Å²) in [6, 6.07) is 7.83. The van der Waals surface area contributed by atoms with Gasteiger partial charge in [-0.1, -0.05) is 29.9 Å². The average molecular weight is 219 g/mol. The molecule has 0 aliphatic heterocycles. The van der Waals surface area contributed by atoms with Crippen LogP contribution >= 0.6 is 0 Å². The minimum atomic E-state index is 0.509. The molecule has 0 atom stereocenters. The fraction of sp³-hybridized carbons (Fsp3) is 0.308. The summed E-state index contributed by atoms with van der Waals surface area (Å²) < 4.78 is 6.07. The van der Waals surface area contributed by atoms with E-state index < -0.39 is 0 Å². The molecule has 1 rings (SSSR count). The van der Waals surface area contributed by atoms with Gasteiger partial charge in [-0.15, -0.1) is 0 Å². The Hall–Kier alpha value is -1.61. The van der Waals surface area contributed by atoms with Gasteiger partial charge in [0.05, 0.1) is 27.4 Å². The Bertz CT molecular complexity index is 378. The lowest BCUT2D eigenvalue weighted by molar-refractivity contribution is -0.876. The Balaban J connectivity index is 2.86. The summed E-state index contributed by atoms with van der Waals surface area (Å²) >= 11 is 0. The van der Waals surface area contributed by atoms with Crippen molar-refractivity contribution >= 4 is 6.21 Å². The van der Waals surface area contributed by atoms with Crippen LogP contribution in [0.4, 0.5) is 0 Å². The van der Waals surface area contributed by atoms with Crippen molar-refractivity contribution < 1.29 is 9.33 Å². The van der Waals surface area contributed by atoms with E-state index in [1.807, 2.05) is 51.6 Å². The molecule has 1 aromatic carbocycles. The second-order valence-corrected chi connectivity index (χ2v) is 4.32. The van der Waals surface area contributed by atoms with E-state index in [0.717, 1.165) is 11.3 Å². The quantitative estimate of drug-likeness (QED) is 0.322. The summed E-state index contributed by atoms with van der Waals surface area (Å²) in [4.78, 5) is 0. The van der Waals surface area contributed by atoms with Crippen LogP contribution in [0.5, 0.6) is 5.75 Å².